The molecule has 2 aromatic carbocycles. The molecule has 0 aliphatic carbocycles. The lowest BCUT2D eigenvalue weighted by molar-refractivity contribution is 0.0470. The van der Waals surface area contributed by atoms with Crippen molar-refractivity contribution in [3.63, 3.8) is 0 Å². The molecule has 0 spiro atoms. The number of benzene rings is 2. The van der Waals surface area contributed by atoms with Gasteiger partial charge in [0.15, 0.2) is 0 Å². The molecule has 0 bridgehead atoms. The van der Waals surface area contributed by atoms with Gasteiger partial charge < -0.3 is 14.3 Å². The quantitative estimate of drug-likeness (QED) is 0.589. The topological polar surface area (TPSA) is 76.7 Å². The Balaban J connectivity index is 1.94. The maximum Gasteiger partial charge on any atom is 0.342 e. The third-order valence-corrected chi connectivity index (χ3v) is 4.00. The van der Waals surface area contributed by atoms with Gasteiger partial charge in [0.05, 0.1) is 0 Å². The molecular weight excluding hydrogens is 308 g/mol. The lowest BCUT2D eigenvalue weighted by Gasteiger charge is -2.10. The molecule has 1 heterocycles. The Bertz CT molecular complexity index is 985. The lowest BCUT2D eigenvalue weighted by atomic mass is 10.0. The molecule has 5 heteroatoms. The number of phenolic OH excluding ortho intramolecular Hbond substituents is 1. The molecule has 0 unspecified atom stereocenters. The Morgan fingerprint density at radius 2 is 1.92 bits per heavy atom. The zero-order chi connectivity index (χ0) is 17.3. The normalized spacial score (nSPS) is 10.8. The number of aryl methyl sites for hydroxylation is 2. The van der Waals surface area contributed by atoms with Crippen molar-refractivity contribution < 1.29 is 19.1 Å². The van der Waals surface area contributed by atoms with Crippen LogP contribution in [-0.2, 0) is 11.3 Å². The summed E-state index contributed by atoms with van der Waals surface area (Å²) in [5.41, 5.74) is 2.53. The van der Waals surface area contributed by atoms with Gasteiger partial charge in [-0.3, -0.25) is 0 Å². The maximum atomic E-state index is 12.1. The zero-order valence-corrected chi connectivity index (χ0v) is 13.3. The van der Waals surface area contributed by atoms with Crippen LogP contribution in [-0.4, -0.2) is 11.1 Å². The van der Waals surface area contributed by atoms with Gasteiger partial charge in [0, 0.05) is 17.0 Å². The third kappa shape index (κ3) is 2.88. The van der Waals surface area contributed by atoms with Crippen LogP contribution in [0.4, 0.5) is 0 Å². The Hall–Kier alpha value is -3.08. The van der Waals surface area contributed by atoms with Gasteiger partial charge in [0.2, 0.25) is 0 Å². The summed E-state index contributed by atoms with van der Waals surface area (Å²) < 4.78 is 10.5. The van der Waals surface area contributed by atoms with Gasteiger partial charge in [0.1, 0.15) is 23.5 Å². The number of rotatable bonds is 3. The van der Waals surface area contributed by atoms with E-state index in [9.17, 15) is 14.7 Å². The smallest absolute Gasteiger partial charge is 0.342 e. The Kier molecular flexibility index (Phi) is 4.08. The standard InChI is InChI=1S/C19H16O5/c1-11-7-8-14-13(9-17(21)24-18(14)12(11)2)10-23-19(22)15-5-3-4-6-16(15)20/h3-9,20H,10H2,1-2H3. The van der Waals surface area contributed by atoms with Gasteiger partial charge in [-0.25, -0.2) is 9.59 Å². The van der Waals surface area contributed by atoms with Gasteiger partial charge in [-0.05, 0) is 37.1 Å². The van der Waals surface area contributed by atoms with Crippen LogP contribution in [0, 0.1) is 13.8 Å². The molecule has 1 aromatic heterocycles. The number of carbonyl (C=O) groups is 1. The van der Waals surface area contributed by atoms with Crippen molar-refractivity contribution in [3.8, 4) is 5.75 Å². The van der Waals surface area contributed by atoms with Crippen molar-refractivity contribution in [2.45, 2.75) is 20.5 Å². The van der Waals surface area contributed by atoms with Crippen molar-refractivity contribution in [2.24, 2.45) is 0 Å². The third-order valence-electron chi connectivity index (χ3n) is 4.00. The number of ether oxygens (including phenoxy) is 1. The van der Waals surface area contributed by atoms with Crippen molar-refractivity contribution >= 4 is 16.9 Å². The zero-order valence-electron chi connectivity index (χ0n) is 13.3. The number of aromatic hydroxyl groups is 1. The van der Waals surface area contributed by atoms with E-state index in [1.165, 1.54) is 18.2 Å². The van der Waals surface area contributed by atoms with Gasteiger partial charge >= 0.3 is 11.6 Å². The summed E-state index contributed by atoms with van der Waals surface area (Å²) in [5.74, 6) is -0.801. The van der Waals surface area contributed by atoms with Crippen LogP contribution in [0.1, 0.15) is 27.0 Å². The minimum Gasteiger partial charge on any atom is -0.507 e. The first-order chi connectivity index (χ1) is 11.5. The van der Waals surface area contributed by atoms with Crippen molar-refractivity contribution in [1.82, 2.24) is 0 Å². The molecule has 5 nitrogen and oxygen atoms in total. The number of para-hydroxylation sites is 1. The van der Waals surface area contributed by atoms with E-state index in [2.05, 4.69) is 0 Å². The van der Waals surface area contributed by atoms with Crippen LogP contribution in [0.15, 0.2) is 51.7 Å². The minimum atomic E-state index is -0.654. The van der Waals surface area contributed by atoms with Gasteiger partial charge in [-0.15, -0.1) is 0 Å². The van der Waals surface area contributed by atoms with E-state index in [-0.39, 0.29) is 17.9 Å². The van der Waals surface area contributed by atoms with Gasteiger partial charge in [-0.1, -0.05) is 24.3 Å². The number of esters is 1. The SMILES string of the molecule is Cc1ccc2c(COC(=O)c3ccccc3O)cc(=O)oc2c1C. The molecule has 1 N–H and O–H groups in total. The van der Waals surface area contributed by atoms with Crippen molar-refractivity contribution in [1.29, 1.82) is 0 Å². The highest BCUT2D eigenvalue weighted by Crippen LogP contribution is 2.24. The minimum absolute atomic E-state index is 0.0804. The molecule has 0 fully saturated rings. The van der Waals surface area contributed by atoms with Crippen LogP contribution in [0.2, 0.25) is 0 Å². The monoisotopic (exact) mass is 324 g/mol. The lowest BCUT2D eigenvalue weighted by Crippen LogP contribution is -2.08. The molecule has 0 atom stereocenters. The highest BCUT2D eigenvalue weighted by molar-refractivity contribution is 5.92. The van der Waals surface area contributed by atoms with Gasteiger partial charge in [0.25, 0.3) is 0 Å². The van der Waals surface area contributed by atoms with E-state index < -0.39 is 11.6 Å². The second kappa shape index (κ2) is 6.20. The molecule has 0 saturated carbocycles. The molecule has 122 valence electrons. The Labute approximate surface area is 138 Å². The van der Waals surface area contributed by atoms with E-state index in [0.29, 0.717) is 11.1 Å². The average Bonchev–Trinajstić information content (AvgIpc) is 2.56. The van der Waals surface area contributed by atoms with Crippen LogP contribution < -0.4 is 5.63 Å². The molecular formula is C19H16O5. The van der Waals surface area contributed by atoms with E-state index in [4.69, 9.17) is 9.15 Å². The first kappa shape index (κ1) is 15.8. The summed E-state index contributed by atoms with van der Waals surface area (Å²) in [6.07, 6.45) is 0. The van der Waals surface area contributed by atoms with E-state index in [0.717, 1.165) is 16.5 Å². The van der Waals surface area contributed by atoms with E-state index in [1.54, 1.807) is 12.1 Å². The second-order valence-electron chi connectivity index (χ2n) is 5.57. The van der Waals surface area contributed by atoms with Crippen LogP contribution >= 0.6 is 0 Å². The van der Waals surface area contributed by atoms with Crippen LogP contribution in [0.25, 0.3) is 11.0 Å². The molecule has 0 aliphatic rings. The predicted molar refractivity (Wildman–Crippen MR) is 89.2 cm³/mol. The van der Waals surface area contributed by atoms with Gasteiger partial charge in [-0.2, -0.15) is 0 Å². The first-order valence-electron chi connectivity index (χ1n) is 7.45. The number of phenols is 1. The largest absolute Gasteiger partial charge is 0.507 e. The summed E-state index contributed by atoms with van der Waals surface area (Å²) >= 11 is 0. The van der Waals surface area contributed by atoms with E-state index >= 15 is 0 Å². The summed E-state index contributed by atoms with van der Waals surface area (Å²) in [5, 5.41) is 10.4. The highest BCUT2D eigenvalue weighted by Gasteiger charge is 2.14. The number of hydrogen-bond donors (Lipinski definition) is 1. The Morgan fingerprint density at radius 1 is 1.17 bits per heavy atom. The molecule has 0 aliphatic heterocycles. The summed E-state index contributed by atoms with van der Waals surface area (Å²) in [6, 6.07) is 11.2. The number of hydrogen-bond acceptors (Lipinski definition) is 5. The number of fused-ring (bicyclic) bond motifs is 1. The fourth-order valence-electron chi connectivity index (χ4n) is 2.51. The van der Waals surface area contributed by atoms with Crippen molar-refractivity contribution in [3.05, 3.63) is 75.1 Å². The second-order valence-corrected chi connectivity index (χ2v) is 5.57. The van der Waals surface area contributed by atoms with Crippen LogP contribution in [0.5, 0.6) is 5.75 Å². The molecule has 3 rings (SSSR count). The summed E-state index contributed by atoms with van der Waals surface area (Å²) in [7, 11) is 0. The molecule has 0 amide bonds. The summed E-state index contributed by atoms with van der Waals surface area (Å²) in [4.78, 5) is 23.9. The summed E-state index contributed by atoms with van der Waals surface area (Å²) in [6.45, 7) is 3.72. The first-order valence-corrected chi connectivity index (χ1v) is 7.45. The van der Waals surface area contributed by atoms with Crippen molar-refractivity contribution in [2.75, 3.05) is 0 Å². The van der Waals surface area contributed by atoms with E-state index in [1.807, 2.05) is 26.0 Å². The molecule has 0 saturated heterocycles. The van der Waals surface area contributed by atoms with Crippen LogP contribution in [0.3, 0.4) is 0 Å². The number of carbonyl (C=O) groups excluding carboxylic acids is 1. The fraction of sp³-hybridized carbons (Fsp3) is 0.158. The fourth-order valence-corrected chi connectivity index (χ4v) is 2.51. The Morgan fingerprint density at radius 3 is 2.67 bits per heavy atom. The predicted octanol–water partition coefficient (Wildman–Crippen LogP) is 3.47. The maximum absolute atomic E-state index is 12.1. The molecule has 0 radical (unpaired) electrons. The average molecular weight is 324 g/mol. The highest BCUT2D eigenvalue weighted by atomic mass is 16.5. The molecule has 3 aromatic rings. The molecule has 24 heavy (non-hydrogen) atoms.